The molecule has 1 aromatic rings. The molecular formula is C17H22ClNO3. The molecule has 1 fully saturated rings. The fourth-order valence-electron chi connectivity index (χ4n) is 3.02. The molecule has 2 rings (SSSR count). The first-order valence-electron chi connectivity index (χ1n) is 7.78. The molecular weight excluding hydrogens is 302 g/mol. The van der Waals surface area contributed by atoms with Crippen LogP contribution in [0.2, 0.25) is 5.02 Å². The summed E-state index contributed by atoms with van der Waals surface area (Å²) < 4.78 is 0. The third-order valence-corrected chi connectivity index (χ3v) is 4.81. The van der Waals surface area contributed by atoms with Gasteiger partial charge in [-0.2, -0.15) is 0 Å². The summed E-state index contributed by atoms with van der Waals surface area (Å²) in [6.07, 6.45) is 2.51. The minimum Gasteiger partial charge on any atom is -0.481 e. The number of carbonyl (C=O) groups is 2. The lowest BCUT2D eigenvalue weighted by Crippen LogP contribution is -2.38. The zero-order chi connectivity index (χ0) is 16.1. The molecule has 0 bridgehead atoms. The van der Waals surface area contributed by atoms with E-state index in [1.165, 1.54) is 0 Å². The van der Waals surface area contributed by atoms with Gasteiger partial charge < -0.3 is 10.0 Å². The van der Waals surface area contributed by atoms with E-state index in [1.54, 1.807) is 0 Å². The molecule has 120 valence electrons. The van der Waals surface area contributed by atoms with Crippen molar-refractivity contribution in [1.29, 1.82) is 0 Å². The number of carboxylic acid groups (broad SMARTS) is 1. The van der Waals surface area contributed by atoms with Crippen molar-refractivity contribution in [2.45, 2.75) is 39.2 Å². The molecule has 0 aromatic heterocycles. The zero-order valence-electron chi connectivity index (χ0n) is 12.8. The summed E-state index contributed by atoms with van der Waals surface area (Å²) in [6, 6.07) is 7.54. The van der Waals surface area contributed by atoms with E-state index in [4.69, 9.17) is 16.7 Å². The van der Waals surface area contributed by atoms with Gasteiger partial charge in [0.15, 0.2) is 0 Å². The quantitative estimate of drug-likeness (QED) is 0.901. The van der Waals surface area contributed by atoms with E-state index < -0.39 is 5.97 Å². The normalized spacial score (nSPS) is 21.4. The number of carbonyl (C=O) groups excluding carboxylic acids is 1. The number of nitrogens with zero attached hydrogens (tertiary/aromatic N) is 1. The van der Waals surface area contributed by atoms with Crippen molar-refractivity contribution in [3.8, 4) is 0 Å². The summed E-state index contributed by atoms with van der Waals surface area (Å²) in [5.74, 6) is -0.971. The number of rotatable bonds is 5. The van der Waals surface area contributed by atoms with Crippen LogP contribution in [0.5, 0.6) is 0 Å². The Morgan fingerprint density at radius 1 is 1.18 bits per heavy atom. The van der Waals surface area contributed by atoms with Crippen LogP contribution < -0.4 is 0 Å². The lowest BCUT2D eigenvalue weighted by Gasteiger charge is -2.30. The van der Waals surface area contributed by atoms with E-state index in [0.717, 1.165) is 5.56 Å². The second kappa shape index (κ2) is 7.63. The van der Waals surface area contributed by atoms with Gasteiger partial charge in [0.05, 0.1) is 5.92 Å². The maximum atomic E-state index is 12.7. The van der Waals surface area contributed by atoms with Crippen molar-refractivity contribution in [3.63, 3.8) is 0 Å². The highest BCUT2D eigenvalue weighted by Gasteiger charge is 2.31. The lowest BCUT2D eigenvalue weighted by molar-refractivity contribution is -0.145. The van der Waals surface area contributed by atoms with Gasteiger partial charge >= 0.3 is 5.97 Å². The van der Waals surface area contributed by atoms with Crippen molar-refractivity contribution in [3.05, 3.63) is 34.9 Å². The first kappa shape index (κ1) is 16.8. The molecule has 1 aliphatic rings. The highest BCUT2D eigenvalue weighted by Crippen LogP contribution is 2.30. The van der Waals surface area contributed by atoms with Crippen LogP contribution in [-0.4, -0.2) is 28.4 Å². The van der Waals surface area contributed by atoms with Crippen molar-refractivity contribution in [2.75, 3.05) is 6.54 Å². The van der Waals surface area contributed by atoms with Gasteiger partial charge in [0, 0.05) is 24.0 Å². The van der Waals surface area contributed by atoms with Crippen LogP contribution in [0.1, 0.15) is 38.2 Å². The third kappa shape index (κ3) is 4.01. The topological polar surface area (TPSA) is 57.6 Å². The van der Waals surface area contributed by atoms with E-state index in [0.29, 0.717) is 43.8 Å². The summed E-state index contributed by atoms with van der Waals surface area (Å²) in [6.45, 7) is 3.09. The summed E-state index contributed by atoms with van der Waals surface area (Å²) in [4.78, 5) is 25.5. The highest BCUT2D eigenvalue weighted by molar-refractivity contribution is 6.31. The standard InChI is InChI=1S/C17H22ClNO3/c1-2-19(11-14-5-3-4-6-15(14)18)16(20)12-7-9-13(10-8-12)17(21)22/h3-6,12-13H,2,7-11H2,1H3,(H,21,22). The van der Waals surface area contributed by atoms with E-state index >= 15 is 0 Å². The molecule has 0 unspecified atom stereocenters. The maximum Gasteiger partial charge on any atom is 0.306 e. The molecule has 0 atom stereocenters. The fraction of sp³-hybridized carbons (Fsp3) is 0.529. The number of aliphatic carboxylic acids is 1. The Kier molecular flexibility index (Phi) is 5.83. The SMILES string of the molecule is CCN(Cc1ccccc1Cl)C(=O)C1CCC(C(=O)O)CC1. The predicted molar refractivity (Wildman–Crippen MR) is 85.6 cm³/mol. The minimum atomic E-state index is -0.741. The van der Waals surface area contributed by atoms with Gasteiger partial charge in [-0.15, -0.1) is 0 Å². The van der Waals surface area contributed by atoms with Crippen LogP contribution >= 0.6 is 11.6 Å². The summed E-state index contributed by atoms with van der Waals surface area (Å²) >= 11 is 6.17. The predicted octanol–water partition coefficient (Wildman–Crippen LogP) is 3.58. The molecule has 1 aromatic carbocycles. The van der Waals surface area contributed by atoms with Crippen LogP contribution in [0.25, 0.3) is 0 Å². The smallest absolute Gasteiger partial charge is 0.306 e. The average molecular weight is 324 g/mol. The van der Waals surface area contributed by atoms with Crippen molar-refractivity contribution < 1.29 is 14.7 Å². The van der Waals surface area contributed by atoms with Gasteiger partial charge in [-0.1, -0.05) is 29.8 Å². The highest BCUT2D eigenvalue weighted by atomic mass is 35.5. The minimum absolute atomic E-state index is 0.0574. The van der Waals surface area contributed by atoms with Crippen LogP contribution in [0.3, 0.4) is 0 Å². The van der Waals surface area contributed by atoms with Gasteiger partial charge in [-0.25, -0.2) is 0 Å². The number of amides is 1. The zero-order valence-corrected chi connectivity index (χ0v) is 13.6. The van der Waals surface area contributed by atoms with Gasteiger partial charge in [-0.05, 0) is 44.2 Å². The number of benzene rings is 1. The Hall–Kier alpha value is -1.55. The third-order valence-electron chi connectivity index (χ3n) is 4.44. The van der Waals surface area contributed by atoms with Crippen LogP contribution in [0.15, 0.2) is 24.3 Å². The average Bonchev–Trinajstić information content (AvgIpc) is 2.53. The second-order valence-electron chi connectivity index (χ2n) is 5.83. The molecule has 22 heavy (non-hydrogen) atoms. The van der Waals surface area contributed by atoms with E-state index in [1.807, 2.05) is 36.1 Å². The Balaban J connectivity index is 1.98. The summed E-state index contributed by atoms with van der Waals surface area (Å²) in [5, 5.41) is 9.70. The molecule has 0 saturated heterocycles. The van der Waals surface area contributed by atoms with E-state index in [2.05, 4.69) is 0 Å². The van der Waals surface area contributed by atoms with Crippen LogP contribution in [-0.2, 0) is 16.1 Å². The first-order chi connectivity index (χ1) is 10.5. The number of hydrogen-bond donors (Lipinski definition) is 1. The molecule has 0 aliphatic heterocycles. The first-order valence-corrected chi connectivity index (χ1v) is 8.15. The summed E-state index contributed by atoms with van der Waals surface area (Å²) in [5.41, 5.74) is 0.943. The van der Waals surface area contributed by atoms with Crippen molar-refractivity contribution in [1.82, 2.24) is 4.90 Å². The van der Waals surface area contributed by atoms with Crippen molar-refractivity contribution >= 4 is 23.5 Å². The fourth-order valence-corrected chi connectivity index (χ4v) is 3.22. The molecule has 1 aliphatic carbocycles. The van der Waals surface area contributed by atoms with Gasteiger partial charge in [0.25, 0.3) is 0 Å². The molecule has 0 radical (unpaired) electrons. The molecule has 5 heteroatoms. The Morgan fingerprint density at radius 3 is 2.32 bits per heavy atom. The van der Waals surface area contributed by atoms with Gasteiger partial charge in [0.1, 0.15) is 0 Å². The Morgan fingerprint density at radius 2 is 1.77 bits per heavy atom. The maximum absolute atomic E-state index is 12.7. The molecule has 1 saturated carbocycles. The van der Waals surface area contributed by atoms with E-state index in [-0.39, 0.29) is 17.7 Å². The molecule has 1 amide bonds. The molecule has 0 spiro atoms. The largest absolute Gasteiger partial charge is 0.481 e. The van der Waals surface area contributed by atoms with Crippen LogP contribution in [0.4, 0.5) is 0 Å². The summed E-state index contributed by atoms with van der Waals surface area (Å²) in [7, 11) is 0. The van der Waals surface area contributed by atoms with Crippen molar-refractivity contribution in [2.24, 2.45) is 11.8 Å². The Labute approximate surface area is 136 Å². The second-order valence-corrected chi connectivity index (χ2v) is 6.24. The molecule has 1 N–H and O–H groups in total. The van der Waals surface area contributed by atoms with Crippen LogP contribution in [0, 0.1) is 11.8 Å². The van der Waals surface area contributed by atoms with Gasteiger partial charge in [-0.3, -0.25) is 9.59 Å². The molecule has 0 heterocycles. The molecule has 4 nitrogen and oxygen atoms in total. The Bertz CT molecular complexity index is 538. The number of hydrogen-bond acceptors (Lipinski definition) is 2. The monoisotopic (exact) mass is 323 g/mol. The van der Waals surface area contributed by atoms with E-state index in [9.17, 15) is 9.59 Å². The number of carboxylic acids is 1. The lowest BCUT2D eigenvalue weighted by atomic mass is 9.81. The number of halogens is 1. The van der Waals surface area contributed by atoms with Gasteiger partial charge in [0.2, 0.25) is 5.91 Å².